The molecular weight excluding hydrogens is 280 g/mol. The van der Waals surface area contributed by atoms with Gasteiger partial charge in [-0.05, 0) is 31.2 Å². The molecule has 0 saturated heterocycles. The van der Waals surface area contributed by atoms with Crippen LogP contribution in [0.3, 0.4) is 0 Å². The Kier molecular flexibility index (Phi) is 4.76. The Morgan fingerprint density at radius 3 is 2.40 bits per heavy atom. The molecule has 0 atom stereocenters. The summed E-state index contributed by atoms with van der Waals surface area (Å²) in [5, 5.41) is 0. The highest BCUT2D eigenvalue weighted by molar-refractivity contribution is 9.10. The van der Waals surface area contributed by atoms with Gasteiger partial charge in [-0.2, -0.15) is 0 Å². The van der Waals surface area contributed by atoms with E-state index in [1.807, 2.05) is 6.92 Å². The number of sulfone groups is 1. The highest BCUT2D eigenvalue weighted by Crippen LogP contribution is 2.15. The van der Waals surface area contributed by atoms with E-state index in [-0.39, 0.29) is 12.4 Å². The SMILES string of the molecule is CCOCCS(=O)(=O)c1ccc(Br)cc1. The van der Waals surface area contributed by atoms with Crippen molar-refractivity contribution in [3.63, 3.8) is 0 Å². The maximum Gasteiger partial charge on any atom is 0.180 e. The van der Waals surface area contributed by atoms with E-state index in [0.29, 0.717) is 11.5 Å². The van der Waals surface area contributed by atoms with Gasteiger partial charge in [0.05, 0.1) is 17.3 Å². The molecule has 15 heavy (non-hydrogen) atoms. The molecule has 0 fully saturated rings. The van der Waals surface area contributed by atoms with Crippen molar-refractivity contribution in [2.75, 3.05) is 19.0 Å². The molecule has 0 saturated carbocycles. The number of halogens is 1. The molecule has 0 aliphatic rings. The monoisotopic (exact) mass is 292 g/mol. The third-order valence-electron chi connectivity index (χ3n) is 1.87. The lowest BCUT2D eigenvalue weighted by molar-refractivity contribution is 0.163. The van der Waals surface area contributed by atoms with Gasteiger partial charge in [-0.25, -0.2) is 8.42 Å². The summed E-state index contributed by atoms with van der Waals surface area (Å²) in [4.78, 5) is 0.338. The van der Waals surface area contributed by atoms with Gasteiger partial charge in [0.2, 0.25) is 0 Å². The van der Waals surface area contributed by atoms with Gasteiger partial charge in [0, 0.05) is 11.1 Å². The zero-order chi connectivity index (χ0) is 11.3. The lowest BCUT2D eigenvalue weighted by Gasteiger charge is -2.04. The summed E-state index contributed by atoms with van der Waals surface area (Å²) < 4.78 is 29.3. The maximum absolute atomic E-state index is 11.7. The third kappa shape index (κ3) is 3.93. The molecule has 0 unspecified atom stereocenters. The molecule has 0 aliphatic heterocycles. The molecule has 0 radical (unpaired) electrons. The van der Waals surface area contributed by atoms with E-state index in [0.717, 1.165) is 4.47 Å². The summed E-state index contributed by atoms with van der Waals surface area (Å²) in [6.07, 6.45) is 0. The summed E-state index contributed by atoms with van der Waals surface area (Å²) in [6, 6.07) is 6.61. The molecule has 0 spiro atoms. The molecule has 3 nitrogen and oxygen atoms in total. The molecule has 0 bridgehead atoms. The van der Waals surface area contributed by atoms with Crippen LogP contribution in [0.1, 0.15) is 6.92 Å². The fraction of sp³-hybridized carbons (Fsp3) is 0.400. The van der Waals surface area contributed by atoms with Crippen LogP contribution >= 0.6 is 15.9 Å². The zero-order valence-electron chi connectivity index (χ0n) is 8.44. The second-order valence-electron chi connectivity index (χ2n) is 2.97. The summed E-state index contributed by atoms with van der Waals surface area (Å²) in [5.41, 5.74) is 0. The van der Waals surface area contributed by atoms with Gasteiger partial charge in [0.15, 0.2) is 9.84 Å². The van der Waals surface area contributed by atoms with E-state index in [9.17, 15) is 8.42 Å². The average Bonchev–Trinajstić information content (AvgIpc) is 2.18. The Hall–Kier alpha value is -0.390. The minimum absolute atomic E-state index is 0.0302. The summed E-state index contributed by atoms with van der Waals surface area (Å²) >= 11 is 3.26. The lowest BCUT2D eigenvalue weighted by Crippen LogP contribution is -2.12. The molecule has 0 aromatic heterocycles. The van der Waals surface area contributed by atoms with E-state index in [4.69, 9.17) is 4.74 Å². The summed E-state index contributed by atoms with van der Waals surface area (Å²) in [5.74, 6) is 0.0302. The maximum atomic E-state index is 11.7. The molecule has 1 aromatic rings. The Morgan fingerprint density at radius 2 is 1.87 bits per heavy atom. The van der Waals surface area contributed by atoms with Crippen LogP contribution < -0.4 is 0 Å². The van der Waals surface area contributed by atoms with E-state index in [1.165, 1.54) is 0 Å². The molecule has 0 N–H and O–H groups in total. The average molecular weight is 293 g/mol. The first-order chi connectivity index (χ1) is 7.06. The standard InChI is InChI=1S/C10H13BrO3S/c1-2-14-7-8-15(12,13)10-5-3-9(11)4-6-10/h3-6H,2,7-8H2,1H3. The minimum Gasteiger partial charge on any atom is -0.381 e. The largest absolute Gasteiger partial charge is 0.381 e. The lowest BCUT2D eigenvalue weighted by atomic mass is 10.4. The van der Waals surface area contributed by atoms with Crippen LogP contribution in [-0.4, -0.2) is 27.4 Å². The highest BCUT2D eigenvalue weighted by Gasteiger charge is 2.13. The molecule has 1 rings (SSSR count). The van der Waals surface area contributed by atoms with Gasteiger partial charge in [-0.15, -0.1) is 0 Å². The predicted octanol–water partition coefficient (Wildman–Crippen LogP) is 2.26. The van der Waals surface area contributed by atoms with Gasteiger partial charge in [0.1, 0.15) is 0 Å². The fourth-order valence-electron chi connectivity index (χ4n) is 1.07. The number of hydrogen-bond acceptors (Lipinski definition) is 3. The van der Waals surface area contributed by atoms with Crippen LogP contribution in [0.2, 0.25) is 0 Å². The molecule has 1 aromatic carbocycles. The van der Waals surface area contributed by atoms with Crippen LogP contribution in [0.25, 0.3) is 0 Å². The minimum atomic E-state index is -3.20. The van der Waals surface area contributed by atoms with Crippen molar-refractivity contribution in [1.82, 2.24) is 0 Å². The number of ether oxygens (including phenoxy) is 1. The molecular formula is C10H13BrO3S. The van der Waals surface area contributed by atoms with Crippen molar-refractivity contribution in [3.05, 3.63) is 28.7 Å². The number of benzene rings is 1. The Balaban J connectivity index is 2.73. The van der Waals surface area contributed by atoms with Crippen LogP contribution in [0, 0.1) is 0 Å². The zero-order valence-corrected chi connectivity index (χ0v) is 10.8. The van der Waals surface area contributed by atoms with Crippen molar-refractivity contribution in [2.45, 2.75) is 11.8 Å². The first kappa shape index (κ1) is 12.7. The van der Waals surface area contributed by atoms with E-state index < -0.39 is 9.84 Å². The first-order valence-corrected chi connectivity index (χ1v) is 7.07. The van der Waals surface area contributed by atoms with Gasteiger partial charge in [-0.1, -0.05) is 15.9 Å². The van der Waals surface area contributed by atoms with Crippen molar-refractivity contribution >= 4 is 25.8 Å². The van der Waals surface area contributed by atoms with E-state index >= 15 is 0 Å². The van der Waals surface area contributed by atoms with Crippen LogP contribution in [0.5, 0.6) is 0 Å². The van der Waals surface area contributed by atoms with E-state index in [2.05, 4.69) is 15.9 Å². The van der Waals surface area contributed by atoms with Gasteiger partial charge in [0.25, 0.3) is 0 Å². The van der Waals surface area contributed by atoms with Crippen LogP contribution in [0.15, 0.2) is 33.6 Å². The van der Waals surface area contributed by atoms with Crippen molar-refractivity contribution in [3.8, 4) is 0 Å². The number of rotatable bonds is 5. The van der Waals surface area contributed by atoms with Crippen molar-refractivity contribution in [1.29, 1.82) is 0 Å². The molecule has 84 valence electrons. The normalized spacial score (nSPS) is 11.6. The molecule has 0 heterocycles. The van der Waals surface area contributed by atoms with Crippen molar-refractivity contribution in [2.24, 2.45) is 0 Å². The topological polar surface area (TPSA) is 43.4 Å². The summed E-state index contributed by atoms with van der Waals surface area (Å²) in [6.45, 7) is 2.62. The van der Waals surface area contributed by atoms with Crippen molar-refractivity contribution < 1.29 is 13.2 Å². The Labute approximate surface area is 98.5 Å². The Bertz CT molecular complexity index is 397. The molecule has 0 aliphatic carbocycles. The fourth-order valence-corrected chi connectivity index (χ4v) is 2.46. The quantitative estimate of drug-likeness (QED) is 0.782. The molecule has 5 heteroatoms. The third-order valence-corrected chi connectivity index (χ3v) is 4.10. The smallest absolute Gasteiger partial charge is 0.180 e. The second kappa shape index (κ2) is 5.63. The van der Waals surface area contributed by atoms with Gasteiger partial charge < -0.3 is 4.74 Å². The predicted molar refractivity (Wildman–Crippen MR) is 62.7 cm³/mol. The Morgan fingerprint density at radius 1 is 1.27 bits per heavy atom. The van der Waals surface area contributed by atoms with E-state index in [1.54, 1.807) is 24.3 Å². The second-order valence-corrected chi connectivity index (χ2v) is 5.99. The number of hydrogen-bond donors (Lipinski definition) is 0. The van der Waals surface area contributed by atoms with Gasteiger partial charge >= 0.3 is 0 Å². The first-order valence-electron chi connectivity index (χ1n) is 4.62. The summed E-state index contributed by atoms with van der Waals surface area (Å²) in [7, 11) is -3.20. The highest BCUT2D eigenvalue weighted by atomic mass is 79.9. The van der Waals surface area contributed by atoms with Crippen LogP contribution in [-0.2, 0) is 14.6 Å². The van der Waals surface area contributed by atoms with Crippen LogP contribution in [0.4, 0.5) is 0 Å². The van der Waals surface area contributed by atoms with Gasteiger partial charge in [-0.3, -0.25) is 0 Å². The molecule has 0 amide bonds.